The van der Waals surface area contributed by atoms with E-state index in [1.54, 1.807) is 12.1 Å². The second kappa shape index (κ2) is 11.6. The van der Waals surface area contributed by atoms with Crippen molar-refractivity contribution in [2.45, 2.75) is 43.9 Å². The summed E-state index contributed by atoms with van der Waals surface area (Å²) in [6.07, 6.45) is 2.10. The molecule has 1 aliphatic heterocycles. The molecule has 1 heterocycles. The average Bonchev–Trinajstić information content (AvgIpc) is 2.92. The van der Waals surface area contributed by atoms with Gasteiger partial charge in [0.05, 0.1) is 0 Å². The summed E-state index contributed by atoms with van der Waals surface area (Å²) in [5, 5.41) is 3.70. The van der Waals surface area contributed by atoms with Gasteiger partial charge in [-0.05, 0) is 59.4 Å². The van der Waals surface area contributed by atoms with Gasteiger partial charge in [-0.1, -0.05) is 84.9 Å². The van der Waals surface area contributed by atoms with Gasteiger partial charge in [0.1, 0.15) is 11.6 Å². The third kappa shape index (κ3) is 6.07. The molecule has 0 bridgehead atoms. The minimum Gasteiger partial charge on any atom is -0.309 e. The molecule has 0 radical (unpaired) electrons. The summed E-state index contributed by atoms with van der Waals surface area (Å²) in [7, 11) is 0. The molecule has 1 aliphatic rings. The van der Waals surface area contributed by atoms with E-state index >= 15 is 0 Å². The molecule has 1 saturated heterocycles. The maximum atomic E-state index is 13.6. The Morgan fingerprint density at radius 2 is 1.19 bits per heavy atom. The molecule has 0 unspecified atom stereocenters. The fraction of sp³-hybridized carbons (Fsp3) is 0.250. The number of nitrogens with one attached hydrogen (secondary N) is 1. The Kier molecular flexibility index (Phi) is 7.85. The van der Waals surface area contributed by atoms with Crippen LogP contribution in [0.1, 0.15) is 41.0 Å². The Hall–Kier alpha value is -3.34. The largest absolute Gasteiger partial charge is 0.309 e. The summed E-state index contributed by atoms with van der Waals surface area (Å²) in [4.78, 5) is 2.56. The molecule has 36 heavy (non-hydrogen) atoms. The van der Waals surface area contributed by atoms with Gasteiger partial charge >= 0.3 is 0 Å². The summed E-state index contributed by atoms with van der Waals surface area (Å²) >= 11 is 0. The van der Waals surface area contributed by atoms with Crippen LogP contribution in [0, 0.1) is 11.6 Å². The lowest BCUT2D eigenvalue weighted by Gasteiger charge is -2.44. The minimum absolute atomic E-state index is 0.209. The molecule has 5 rings (SSSR count). The molecule has 1 N–H and O–H groups in total. The number of benzene rings is 4. The van der Waals surface area contributed by atoms with Crippen LogP contribution in [-0.4, -0.2) is 23.5 Å². The zero-order valence-electron chi connectivity index (χ0n) is 20.4. The van der Waals surface area contributed by atoms with Gasteiger partial charge in [-0.15, -0.1) is 0 Å². The van der Waals surface area contributed by atoms with Crippen molar-refractivity contribution in [3.8, 4) is 0 Å². The number of nitrogens with zero attached hydrogens (tertiary/aromatic N) is 1. The summed E-state index contributed by atoms with van der Waals surface area (Å²) in [5.74, 6) is -0.178. The summed E-state index contributed by atoms with van der Waals surface area (Å²) < 4.78 is 26.9. The SMILES string of the molecule is Fc1ccc(CN[C@@H]2CC[C@H](C(c3ccccc3)c3ccccc3)N(Cc3ccc(F)cc3)C2)cc1. The molecule has 2 nitrogen and oxygen atoms in total. The van der Waals surface area contributed by atoms with Crippen molar-refractivity contribution in [1.29, 1.82) is 0 Å². The minimum atomic E-state index is -0.211. The number of halogens is 2. The maximum absolute atomic E-state index is 13.6. The Morgan fingerprint density at radius 3 is 1.75 bits per heavy atom. The first-order valence-electron chi connectivity index (χ1n) is 12.7. The topological polar surface area (TPSA) is 15.3 Å². The highest BCUT2D eigenvalue weighted by molar-refractivity contribution is 5.35. The lowest BCUT2D eigenvalue weighted by Crippen LogP contribution is -2.52. The van der Waals surface area contributed by atoms with Crippen LogP contribution in [-0.2, 0) is 13.1 Å². The summed E-state index contributed by atoms with van der Waals surface area (Å²) in [5.41, 5.74) is 4.82. The fourth-order valence-corrected chi connectivity index (χ4v) is 5.44. The molecule has 0 spiro atoms. The van der Waals surface area contributed by atoms with E-state index in [0.29, 0.717) is 18.6 Å². The quantitative estimate of drug-likeness (QED) is 0.293. The van der Waals surface area contributed by atoms with Gasteiger partial charge in [-0.25, -0.2) is 8.78 Å². The molecule has 4 heteroatoms. The second-order valence-corrected chi connectivity index (χ2v) is 9.70. The van der Waals surface area contributed by atoms with Crippen molar-refractivity contribution in [3.05, 3.63) is 143 Å². The van der Waals surface area contributed by atoms with Crippen LogP contribution in [0.4, 0.5) is 8.78 Å². The number of piperidine rings is 1. The Labute approximate surface area is 212 Å². The van der Waals surface area contributed by atoms with Crippen LogP contribution in [0.25, 0.3) is 0 Å². The van der Waals surface area contributed by atoms with Crippen LogP contribution >= 0.6 is 0 Å². The summed E-state index contributed by atoms with van der Waals surface area (Å²) in [6.45, 7) is 2.36. The predicted octanol–water partition coefficient (Wildman–Crippen LogP) is 6.92. The van der Waals surface area contributed by atoms with Crippen LogP contribution in [0.5, 0.6) is 0 Å². The van der Waals surface area contributed by atoms with Crippen LogP contribution in [0.3, 0.4) is 0 Å². The Bertz CT molecular complexity index is 1170. The highest BCUT2D eigenvalue weighted by atomic mass is 19.1. The van der Waals surface area contributed by atoms with Crippen molar-refractivity contribution in [1.82, 2.24) is 10.2 Å². The molecule has 4 aromatic carbocycles. The molecule has 4 aromatic rings. The average molecular weight is 483 g/mol. The zero-order chi connectivity index (χ0) is 24.7. The third-order valence-electron chi connectivity index (χ3n) is 7.24. The Balaban J connectivity index is 1.41. The lowest BCUT2D eigenvalue weighted by molar-refractivity contribution is 0.102. The van der Waals surface area contributed by atoms with Crippen LogP contribution in [0.2, 0.25) is 0 Å². The van der Waals surface area contributed by atoms with E-state index in [9.17, 15) is 8.78 Å². The smallest absolute Gasteiger partial charge is 0.123 e. The van der Waals surface area contributed by atoms with Gasteiger partial charge in [-0.3, -0.25) is 4.90 Å². The molecule has 0 saturated carbocycles. The molecule has 0 aliphatic carbocycles. The number of rotatable bonds is 8. The van der Waals surface area contributed by atoms with Crippen LogP contribution in [0.15, 0.2) is 109 Å². The molecule has 1 fully saturated rings. The van der Waals surface area contributed by atoms with Gasteiger partial charge in [0.2, 0.25) is 0 Å². The van der Waals surface area contributed by atoms with Gasteiger partial charge in [0, 0.05) is 37.6 Å². The third-order valence-corrected chi connectivity index (χ3v) is 7.24. The first-order chi connectivity index (χ1) is 17.7. The number of hydrogen-bond acceptors (Lipinski definition) is 2. The molecule has 2 atom stereocenters. The molecule has 0 aromatic heterocycles. The first-order valence-corrected chi connectivity index (χ1v) is 12.7. The zero-order valence-corrected chi connectivity index (χ0v) is 20.4. The normalized spacial score (nSPS) is 18.4. The maximum Gasteiger partial charge on any atom is 0.123 e. The van der Waals surface area contributed by atoms with E-state index in [1.807, 2.05) is 24.3 Å². The van der Waals surface area contributed by atoms with E-state index in [2.05, 4.69) is 70.9 Å². The first kappa shape index (κ1) is 24.4. The monoisotopic (exact) mass is 482 g/mol. The standard InChI is InChI=1S/C32H32F2N2/c33-28-15-11-24(12-16-28)21-35-30-19-20-31(36(23-30)22-25-13-17-29(34)18-14-25)32(26-7-3-1-4-8-26)27-9-5-2-6-10-27/h1-18,30-32,35H,19-23H2/t30-,31-/m1/s1. The van der Waals surface area contributed by atoms with E-state index < -0.39 is 0 Å². The fourth-order valence-electron chi connectivity index (χ4n) is 5.44. The van der Waals surface area contributed by atoms with Gasteiger partial charge < -0.3 is 5.32 Å². The molecular formula is C32H32F2N2. The van der Waals surface area contributed by atoms with Crippen LogP contribution < -0.4 is 5.32 Å². The van der Waals surface area contributed by atoms with Gasteiger partial charge in [-0.2, -0.15) is 0 Å². The highest BCUT2D eigenvalue weighted by Crippen LogP contribution is 2.36. The van der Waals surface area contributed by atoms with Crippen molar-refractivity contribution in [2.24, 2.45) is 0 Å². The van der Waals surface area contributed by atoms with E-state index in [4.69, 9.17) is 0 Å². The van der Waals surface area contributed by atoms with Crippen molar-refractivity contribution in [2.75, 3.05) is 6.54 Å². The second-order valence-electron chi connectivity index (χ2n) is 9.70. The van der Waals surface area contributed by atoms with Crippen molar-refractivity contribution in [3.63, 3.8) is 0 Å². The van der Waals surface area contributed by atoms with E-state index in [-0.39, 0.29) is 17.6 Å². The molecular weight excluding hydrogens is 450 g/mol. The van der Waals surface area contributed by atoms with E-state index in [1.165, 1.54) is 23.3 Å². The number of hydrogen-bond donors (Lipinski definition) is 1. The number of likely N-dealkylation sites (tertiary alicyclic amines) is 1. The molecule has 0 amide bonds. The highest BCUT2D eigenvalue weighted by Gasteiger charge is 2.35. The van der Waals surface area contributed by atoms with E-state index in [0.717, 1.165) is 37.1 Å². The lowest BCUT2D eigenvalue weighted by atomic mass is 9.79. The summed E-state index contributed by atoms with van der Waals surface area (Å²) in [6, 6.07) is 35.7. The predicted molar refractivity (Wildman–Crippen MR) is 142 cm³/mol. The van der Waals surface area contributed by atoms with Crippen molar-refractivity contribution >= 4 is 0 Å². The Morgan fingerprint density at radius 1 is 0.667 bits per heavy atom. The van der Waals surface area contributed by atoms with Gasteiger partial charge in [0.25, 0.3) is 0 Å². The van der Waals surface area contributed by atoms with Gasteiger partial charge in [0.15, 0.2) is 0 Å². The molecule has 184 valence electrons. The van der Waals surface area contributed by atoms with Crippen molar-refractivity contribution < 1.29 is 8.78 Å².